The first-order valence-electron chi connectivity index (χ1n) is 8.36. The minimum Gasteiger partial charge on any atom is -0.344 e. The number of hydrogen-bond donors (Lipinski definition) is 2. The van der Waals surface area contributed by atoms with E-state index in [-0.39, 0.29) is 27.8 Å². The first-order valence-corrected chi connectivity index (χ1v) is 8.74. The molecule has 0 bridgehead atoms. The number of ketones is 1. The fourth-order valence-corrected chi connectivity index (χ4v) is 2.91. The summed E-state index contributed by atoms with van der Waals surface area (Å²) in [7, 11) is 1.43. The van der Waals surface area contributed by atoms with Crippen molar-refractivity contribution in [1.82, 2.24) is 14.9 Å². The third-order valence-corrected chi connectivity index (χ3v) is 4.58. The Kier molecular flexibility index (Phi) is 6.37. The van der Waals surface area contributed by atoms with Gasteiger partial charge >= 0.3 is 6.18 Å². The molecule has 156 valence electrons. The Bertz CT molecular complexity index is 985. The first-order chi connectivity index (χ1) is 13.3. The minimum absolute atomic E-state index is 0.106. The number of rotatable bonds is 5. The fraction of sp³-hybridized carbons (Fsp3) is 0.333. The number of Topliss-reactive ketones (excluding diaryl/α,β-unsaturated/α-hetero) is 1. The molecule has 11 heteroatoms. The molecule has 0 aliphatic heterocycles. The Balaban J connectivity index is 2.33. The molecule has 29 heavy (non-hydrogen) atoms. The molecule has 2 N–H and O–H groups in total. The van der Waals surface area contributed by atoms with Gasteiger partial charge in [-0.25, -0.2) is 4.98 Å². The lowest BCUT2D eigenvalue weighted by Crippen LogP contribution is -2.46. The molecule has 0 aliphatic carbocycles. The summed E-state index contributed by atoms with van der Waals surface area (Å²) >= 11 is 5.78. The van der Waals surface area contributed by atoms with E-state index in [1.807, 2.05) is 0 Å². The van der Waals surface area contributed by atoms with Gasteiger partial charge in [-0.2, -0.15) is 13.2 Å². The van der Waals surface area contributed by atoms with Crippen molar-refractivity contribution in [2.75, 3.05) is 5.32 Å². The zero-order valence-corrected chi connectivity index (χ0v) is 16.7. The highest BCUT2D eigenvalue weighted by Gasteiger charge is 2.39. The molecular weight excluding hydrogens is 413 g/mol. The molecule has 0 saturated heterocycles. The van der Waals surface area contributed by atoms with Crippen LogP contribution in [-0.2, 0) is 11.8 Å². The molecule has 7 nitrogen and oxygen atoms in total. The number of carbonyl (C=O) groups is 3. The average Bonchev–Trinajstić information content (AvgIpc) is 2.82. The van der Waals surface area contributed by atoms with Gasteiger partial charge in [-0.1, -0.05) is 17.7 Å². The van der Waals surface area contributed by atoms with Crippen molar-refractivity contribution in [2.24, 2.45) is 7.05 Å². The highest BCUT2D eigenvalue weighted by molar-refractivity contribution is 6.43. The van der Waals surface area contributed by atoms with Crippen LogP contribution in [0.25, 0.3) is 0 Å². The van der Waals surface area contributed by atoms with Gasteiger partial charge in [-0.05, 0) is 38.5 Å². The number of halogens is 4. The van der Waals surface area contributed by atoms with Gasteiger partial charge in [0.2, 0.25) is 0 Å². The van der Waals surface area contributed by atoms with Crippen LogP contribution in [0.3, 0.4) is 0 Å². The Labute approximate surface area is 169 Å². The molecule has 0 saturated carbocycles. The van der Waals surface area contributed by atoms with Gasteiger partial charge in [0.15, 0.2) is 0 Å². The van der Waals surface area contributed by atoms with E-state index in [2.05, 4.69) is 10.3 Å². The van der Waals surface area contributed by atoms with Crippen LogP contribution in [0.4, 0.5) is 19.0 Å². The van der Waals surface area contributed by atoms with Gasteiger partial charge in [-0.15, -0.1) is 0 Å². The van der Waals surface area contributed by atoms with Crippen molar-refractivity contribution in [1.29, 1.82) is 0 Å². The number of amides is 2. The number of hydrogen-bond acceptors (Lipinski definition) is 4. The molecule has 2 aromatic rings. The third kappa shape index (κ3) is 4.76. The number of carbonyl (C=O) groups excluding carboxylic acids is 3. The zero-order valence-electron chi connectivity index (χ0n) is 15.9. The third-order valence-electron chi connectivity index (χ3n) is 4.37. The Morgan fingerprint density at radius 3 is 2.38 bits per heavy atom. The van der Waals surface area contributed by atoms with Crippen LogP contribution in [0.2, 0.25) is 5.15 Å². The summed E-state index contributed by atoms with van der Waals surface area (Å²) in [5.41, 5.74) is 0.430. The van der Waals surface area contributed by atoms with Gasteiger partial charge < -0.3 is 15.2 Å². The highest BCUT2D eigenvalue weighted by atomic mass is 35.5. The van der Waals surface area contributed by atoms with E-state index in [0.717, 1.165) is 6.92 Å². The molecule has 1 unspecified atom stereocenters. The predicted octanol–water partition coefficient (Wildman–Crippen LogP) is 3.19. The molecular formula is C18H18ClF3N4O3. The maximum absolute atomic E-state index is 12.7. The van der Waals surface area contributed by atoms with Crippen LogP contribution in [0.5, 0.6) is 0 Å². The largest absolute Gasteiger partial charge is 0.408 e. The lowest BCUT2D eigenvalue weighted by atomic mass is 10.1. The number of aromatic nitrogens is 2. The second-order valence-electron chi connectivity index (χ2n) is 6.36. The van der Waals surface area contributed by atoms with Crippen LogP contribution < -0.4 is 10.6 Å². The van der Waals surface area contributed by atoms with E-state index >= 15 is 0 Å². The van der Waals surface area contributed by atoms with E-state index < -0.39 is 29.8 Å². The van der Waals surface area contributed by atoms with Crippen molar-refractivity contribution in [3.63, 3.8) is 0 Å². The van der Waals surface area contributed by atoms with Gasteiger partial charge in [-0.3, -0.25) is 14.4 Å². The van der Waals surface area contributed by atoms with E-state index in [9.17, 15) is 27.6 Å². The number of nitrogens with zero attached hydrogens (tertiary/aromatic N) is 2. The molecule has 0 spiro atoms. The van der Waals surface area contributed by atoms with E-state index in [1.165, 1.54) is 30.7 Å². The standard InChI is InChI=1S/C18H18ClF3N4O3/c1-8-13(16(28)25-12-7-5-6-11(19)24-12)9(2)26(4)14(8)15(27)17(29)23-10(3)18(20,21)22/h5-7,10H,1-4H3,(H,23,29)(H,24,25,28). The minimum atomic E-state index is -4.69. The molecule has 0 fully saturated rings. The van der Waals surface area contributed by atoms with Crippen LogP contribution in [0.15, 0.2) is 18.2 Å². The number of alkyl halides is 3. The molecule has 0 aliphatic rings. The summed E-state index contributed by atoms with van der Waals surface area (Å²) in [5, 5.41) is 4.32. The normalized spacial score (nSPS) is 12.4. The van der Waals surface area contributed by atoms with E-state index in [4.69, 9.17) is 11.6 Å². The molecule has 1 atom stereocenters. The molecule has 0 aromatic carbocycles. The molecule has 2 aromatic heterocycles. The summed E-state index contributed by atoms with van der Waals surface area (Å²) < 4.78 is 39.2. The van der Waals surface area contributed by atoms with Crippen molar-refractivity contribution >= 4 is 35.0 Å². The molecule has 2 rings (SSSR count). The van der Waals surface area contributed by atoms with Crippen LogP contribution in [-0.4, -0.2) is 39.4 Å². The SMILES string of the molecule is Cc1c(C(=O)Nc2cccc(Cl)n2)c(C)n(C)c1C(=O)C(=O)NC(C)C(F)(F)F. The summed E-state index contributed by atoms with van der Waals surface area (Å²) in [4.78, 5) is 41.1. The van der Waals surface area contributed by atoms with Crippen LogP contribution in [0.1, 0.15) is 39.0 Å². The summed E-state index contributed by atoms with van der Waals surface area (Å²) in [5.74, 6) is -3.02. The summed E-state index contributed by atoms with van der Waals surface area (Å²) in [6.45, 7) is 3.70. The number of pyridine rings is 1. The van der Waals surface area contributed by atoms with Crippen LogP contribution in [0, 0.1) is 13.8 Å². The lowest BCUT2D eigenvalue weighted by Gasteiger charge is -2.16. The van der Waals surface area contributed by atoms with Crippen molar-refractivity contribution in [3.8, 4) is 0 Å². The summed E-state index contributed by atoms with van der Waals surface area (Å²) in [6, 6.07) is 2.41. The van der Waals surface area contributed by atoms with E-state index in [1.54, 1.807) is 18.3 Å². The number of anilines is 1. The highest BCUT2D eigenvalue weighted by Crippen LogP contribution is 2.24. The monoisotopic (exact) mass is 430 g/mol. The number of nitrogens with one attached hydrogen (secondary N) is 2. The van der Waals surface area contributed by atoms with Crippen molar-refractivity contribution in [3.05, 3.63) is 45.9 Å². The lowest BCUT2D eigenvalue weighted by molar-refractivity contribution is -0.156. The fourth-order valence-electron chi connectivity index (χ4n) is 2.74. The van der Waals surface area contributed by atoms with Gasteiger partial charge in [0.05, 0.1) is 11.3 Å². The van der Waals surface area contributed by atoms with Gasteiger partial charge in [0.1, 0.15) is 17.0 Å². The maximum Gasteiger partial charge on any atom is 0.408 e. The molecule has 2 heterocycles. The Morgan fingerprint density at radius 1 is 1.21 bits per heavy atom. The maximum atomic E-state index is 12.7. The Hall–Kier alpha value is -2.88. The first kappa shape index (κ1) is 22.4. The summed E-state index contributed by atoms with van der Waals surface area (Å²) in [6.07, 6.45) is -4.69. The predicted molar refractivity (Wildman–Crippen MR) is 100 cm³/mol. The topological polar surface area (TPSA) is 93.1 Å². The van der Waals surface area contributed by atoms with Crippen LogP contribution >= 0.6 is 11.6 Å². The molecule has 0 radical (unpaired) electrons. The van der Waals surface area contributed by atoms with Gasteiger partial charge in [0, 0.05) is 12.7 Å². The zero-order chi connectivity index (χ0) is 22.1. The average molecular weight is 431 g/mol. The quantitative estimate of drug-likeness (QED) is 0.433. The Morgan fingerprint density at radius 2 is 1.83 bits per heavy atom. The second kappa shape index (κ2) is 8.24. The smallest absolute Gasteiger partial charge is 0.344 e. The van der Waals surface area contributed by atoms with Crippen molar-refractivity contribution in [2.45, 2.75) is 33.0 Å². The second-order valence-corrected chi connectivity index (χ2v) is 6.75. The van der Waals surface area contributed by atoms with E-state index in [0.29, 0.717) is 5.69 Å². The van der Waals surface area contributed by atoms with Gasteiger partial charge in [0.25, 0.3) is 17.6 Å². The molecule has 2 amide bonds. The van der Waals surface area contributed by atoms with Crippen molar-refractivity contribution < 1.29 is 27.6 Å².